The monoisotopic (exact) mass is 426 g/mol. The molecule has 0 saturated heterocycles. The van der Waals surface area contributed by atoms with E-state index in [4.69, 9.17) is 28.7 Å². The van der Waals surface area contributed by atoms with Gasteiger partial charge in [0.2, 0.25) is 6.79 Å². The Morgan fingerprint density at radius 1 is 0.862 bits per heavy atom. The summed E-state index contributed by atoms with van der Waals surface area (Å²) in [6, 6.07) is 8.60. The van der Waals surface area contributed by atoms with Crippen molar-refractivity contribution in [1.82, 2.24) is 0 Å². The zero-order chi connectivity index (χ0) is 21.4. The van der Waals surface area contributed by atoms with Gasteiger partial charge in [0.1, 0.15) is 11.5 Å². The molecule has 0 aliphatic heterocycles. The largest absolute Gasteiger partial charge is 0.496 e. The fourth-order valence-electron chi connectivity index (χ4n) is 2.52. The van der Waals surface area contributed by atoms with Crippen LogP contribution in [0.2, 0.25) is 0 Å². The number of ether oxygens (including phenoxy) is 4. The summed E-state index contributed by atoms with van der Waals surface area (Å²) in [4.78, 5) is 17.5. The average molecular weight is 426 g/mol. The zero-order valence-corrected chi connectivity index (χ0v) is 17.1. The van der Waals surface area contributed by atoms with Gasteiger partial charge in [-0.25, -0.2) is 9.09 Å². The first-order chi connectivity index (χ1) is 13.8. The Morgan fingerprint density at radius 2 is 1.41 bits per heavy atom. The van der Waals surface area contributed by atoms with Crippen LogP contribution in [-0.4, -0.2) is 43.0 Å². The van der Waals surface area contributed by atoms with Crippen LogP contribution in [0, 0.1) is 0 Å². The maximum Gasteiger partial charge on any atom is 0.472 e. The molecule has 0 aliphatic carbocycles. The van der Waals surface area contributed by atoms with E-state index < -0.39 is 14.6 Å². The smallest absolute Gasteiger partial charge is 0.472 e. The predicted octanol–water partition coefficient (Wildman–Crippen LogP) is 2.82. The first kappa shape index (κ1) is 22.7. The quantitative estimate of drug-likeness (QED) is 0.299. The summed E-state index contributed by atoms with van der Waals surface area (Å²) < 4.78 is 36.1. The van der Waals surface area contributed by atoms with E-state index in [2.05, 4.69) is 4.52 Å². The molecule has 10 heteroatoms. The average Bonchev–Trinajstić information content (AvgIpc) is 2.70. The molecule has 3 N–H and O–H groups in total. The van der Waals surface area contributed by atoms with Crippen LogP contribution < -0.4 is 18.9 Å². The second kappa shape index (κ2) is 10.3. The molecule has 0 heterocycles. The molecule has 0 unspecified atom stereocenters. The Bertz CT molecular complexity index is 880. The SMILES string of the molecule is COc1ccc(/C=C\c2cc(OC)c(CO)c(OC)c2)cc1OCOP(=O)(O)O. The van der Waals surface area contributed by atoms with Crippen molar-refractivity contribution in [3.8, 4) is 23.0 Å². The van der Waals surface area contributed by atoms with Crippen molar-refractivity contribution >= 4 is 20.0 Å². The second-order valence-corrected chi connectivity index (χ2v) is 6.93. The van der Waals surface area contributed by atoms with Gasteiger partial charge < -0.3 is 33.8 Å². The lowest BCUT2D eigenvalue weighted by atomic mass is 10.1. The summed E-state index contributed by atoms with van der Waals surface area (Å²) in [5.74, 6) is 1.64. The van der Waals surface area contributed by atoms with Gasteiger partial charge in [-0.2, -0.15) is 0 Å². The van der Waals surface area contributed by atoms with Gasteiger partial charge in [0.15, 0.2) is 11.5 Å². The summed E-state index contributed by atoms with van der Waals surface area (Å²) in [6.07, 6.45) is 3.60. The molecule has 2 aromatic rings. The lowest BCUT2D eigenvalue weighted by molar-refractivity contribution is 0.0806. The summed E-state index contributed by atoms with van der Waals surface area (Å²) in [5.41, 5.74) is 2.07. The summed E-state index contributed by atoms with van der Waals surface area (Å²) in [5, 5.41) is 9.50. The van der Waals surface area contributed by atoms with Crippen LogP contribution in [0.3, 0.4) is 0 Å². The van der Waals surface area contributed by atoms with E-state index in [1.54, 1.807) is 36.4 Å². The van der Waals surface area contributed by atoms with Gasteiger partial charge in [0, 0.05) is 0 Å². The van der Waals surface area contributed by atoms with E-state index in [0.717, 1.165) is 11.1 Å². The Balaban J connectivity index is 2.26. The van der Waals surface area contributed by atoms with E-state index >= 15 is 0 Å². The highest BCUT2D eigenvalue weighted by Crippen LogP contribution is 2.37. The number of hydrogen-bond donors (Lipinski definition) is 3. The third-order valence-electron chi connectivity index (χ3n) is 3.88. The number of aliphatic hydroxyl groups is 1. The fraction of sp³-hybridized carbons (Fsp3) is 0.263. The molecule has 0 fully saturated rings. The molecule has 0 aliphatic rings. The minimum absolute atomic E-state index is 0.216. The molecule has 0 atom stereocenters. The zero-order valence-electron chi connectivity index (χ0n) is 16.2. The van der Waals surface area contributed by atoms with E-state index in [-0.39, 0.29) is 12.4 Å². The Hall–Kier alpha value is -2.55. The van der Waals surface area contributed by atoms with Crippen LogP contribution in [0.15, 0.2) is 30.3 Å². The van der Waals surface area contributed by atoms with Gasteiger partial charge in [-0.1, -0.05) is 18.2 Å². The number of methoxy groups -OCH3 is 3. The van der Waals surface area contributed by atoms with Crippen LogP contribution >= 0.6 is 7.82 Å². The van der Waals surface area contributed by atoms with Gasteiger partial charge in [-0.05, 0) is 35.4 Å². The Morgan fingerprint density at radius 3 is 1.93 bits per heavy atom. The summed E-state index contributed by atoms with van der Waals surface area (Å²) >= 11 is 0. The molecule has 0 radical (unpaired) electrons. The first-order valence-electron chi connectivity index (χ1n) is 8.36. The minimum atomic E-state index is -4.63. The standard InChI is InChI=1S/C19H23O9P/c1-24-16-7-6-13(8-19(16)27-12-28-29(21,22)23)4-5-14-9-17(25-2)15(11-20)18(10-14)26-3/h4-10,20H,11-12H2,1-3H3,(H2,21,22,23)/b5-4-. The van der Waals surface area contributed by atoms with Crippen LogP contribution in [0.4, 0.5) is 0 Å². The van der Waals surface area contributed by atoms with Crippen molar-refractivity contribution in [2.24, 2.45) is 0 Å². The second-order valence-electron chi connectivity index (χ2n) is 5.69. The van der Waals surface area contributed by atoms with Gasteiger partial charge in [-0.15, -0.1) is 0 Å². The van der Waals surface area contributed by atoms with E-state index in [1.165, 1.54) is 21.3 Å². The highest BCUT2D eigenvalue weighted by Gasteiger charge is 2.15. The highest BCUT2D eigenvalue weighted by atomic mass is 31.2. The lowest BCUT2D eigenvalue weighted by Gasteiger charge is -2.13. The molecule has 2 rings (SSSR count). The van der Waals surface area contributed by atoms with Crippen molar-refractivity contribution < 1.29 is 42.9 Å². The first-order valence-corrected chi connectivity index (χ1v) is 9.89. The number of hydrogen-bond acceptors (Lipinski definition) is 7. The van der Waals surface area contributed by atoms with E-state index in [0.29, 0.717) is 22.8 Å². The highest BCUT2D eigenvalue weighted by molar-refractivity contribution is 7.46. The maximum absolute atomic E-state index is 10.8. The number of aliphatic hydroxyl groups excluding tert-OH is 1. The number of phosphoric ester groups is 1. The molecular formula is C19H23O9P. The Kier molecular flexibility index (Phi) is 8.07. The third kappa shape index (κ3) is 6.49. The molecule has 158 valence electrons. The molecule has 0 bridgehead atoms. The fourth-order valence-corrected chi connectivity index (χ4v) is 2.71. The van der Waals surface area contributed by atoms with Crippen LogP contribution in [0.5, 0.6) is 23.0 Å². The summed E-state index contributed by atoms with van der Waals surface area (Å²) in [6.45, 7) is -0.850. The molecule has 9 nitrogen and oxygen atoms in total. The van der Waals surface area contributed by atoms with Crippen LogP contribution in [0.1, 0.15) is 16.7 Å². The molecular weight excluding hydrogens is 403 g/mol. The van der Waals surface area contributed by atoms with Gasteiger partial charge in [0.05, 0.1) is 33.5 Å². The van der Waals surface area contributed by atoms with Gasteiger partial charge >= 0.3 is 7.82 Å². The number of phosphoric acid groups is 1. The maximum atomic E-state index is 10.8. The third-order valence-corrected chi connectivity index (χ3v) is 4.32. The molecule has 0 saturated carbocycles. The number of benzene rings is 2. The summed E-state index contributed by atoms with van der Waals surface area (Å²) in [7, 11) is -0.171. The molecule has 0 aromatic heterocycles. The molecule has 2 aromatic carbocycles. The molecule has 0 amide bonds. The predicted molar refractivity (Wildman–Crippen MR) is 106 cm³/mol. The van der Waals surface area contributed by atoms with Crippen molar-refractivity contribution in [3.63, 3.8) is 0 Å². The van der Waals surface area contributed by atoms with Crippen molar-refractivity contribution in [3.05, 3.63) is 47.0 Å². The van der Waals surface area contributed by atoms with Crippen LogP contribution in [-0.2, 0) is 15.7 Å². The molecule has 0 spiro atoms. The van der Waals surface area contributed by atoms with Crippen molar-refractivity contribution in [1.29, 1.82) is 0 Å². The van der Waals surface area contributed by atoms with E-state index in [1.807, 2.05) is 6.08 Å². The number of rotatable bonds is 10. The van der Waals surface area contributed by atoms with Crippen molar-refractivity contribution in [2.75, 3.05) is 28.1 Å². The van der Waals surface area contributed by atoms with Gasteiger partial charge in [0.25, 0.3) is 0 Å². The van der Waals surface area contributed by atoms with E-state index in [9.17, 15) is 9.67 Å². The van der Waals surface area contributed by atoms with Gasteiger partial charge in [-0.3, -0.25) is 0 Å². The molecule has 29 heavy (non-hydrogen) atoms. The Labute approximate surface area is 168 Å². The topological polar surface area (TPSA) is 124 Å². The minimum Gasteiger partial charge on any atom is -0.496 e. The van der Waals surface area contributed by atoms with Crippen LogP contribution in [0.25, 0.3) is 12.2 Å². The lowest BCUT2D eigenvalue weighted by Crippen LogP contribution is -2.02. The normalized spacial score (nSPS) is 11.5. The van der Waals surface area contributed by atoms with Crippen molar-refractivity contribution in [2.45, 2.75) is 6.61 Å².